The van der Waals surface area contributed by atoms with Crippen molar-refractivity contribution < 1.29 is 14.4 Å². The van der Waals surface area contributed by atoms with Crippen LogP contribution in [-0.4, -0.2) is 29.8 Å². The summed E-state index contributed by atoms with van der Waals surface area (Å²) in [4.78, 5) is 37.5. The minimum Gasteiger partial charge on any atom is -0.368 e. The highest BCUT2D eigenvalue weighted by atomic mass is 16.2. The second kappa shape index (κ2) is 10.6. The average Bonchev–Trinajstić information content (AvgIpc) is 2.67. The van der Waals surface area contributed by atoms with E-state index in [1.807, 2.05) is 81.4 Å². The van der Waals surface area contributed by atoms with Gasteiger partial charge in [-0.05, 0) is 16.5 Å². The molecular formula is C24H31N3O3. The number of benzene rings is 2. The maximum Gasteiger partial charge on any atom is 0.243 e. The van der Waals surface area contributed by atoms with E-state index in [1.165, 1.54) is 0 Å². The van der Waals surface area contributed by atoms with Crippen molar-refractivity contribution in [3.05, 3.63) is 71.8 Å². The molecule has 2 rings (SSSR count). The number of carbonyl (C=O) groups excluding carboxylic acids is 3. The predicted molar refractivity (Wildman–Crippen MR) is 117 cm³/mol. The summed E-state index contributed by atoms with van der Waals surface area (Å²) in [5.74, 6) is -1.26. The molecule has 0 radical (unpaired) electrons. The van der Waals surface area contributed by atoms with E-state index in [0.717, 1.165) is 11.1 Å². The molecule has 30 heavy (non-hydrogen) atoms. The van der Waals surface area contributed by atoms with Crippen LogP contribution in [0.15, 0.2) is 60.7 Å². The molecule has 0 aliphatic heterocycles. The standard InChI is InChI=1S/C24H31N3O3/c1-24(2,3)16-21(28)26-20(15-18-12-8-5-9-13-18)23(30)27-19(22(25)29)14-17-10-6-4-7-11-17/h4-13,19-20H,14-16H2,1-3H3,(H2,25,29)(H,26,28)(H,27,30). The lowest BCUT2D eigenvalue weighted by molar-refractivity contribution is -0.131. The first-order valence-electron chi connectivity index (χ1n) is 10.1. The molecule has 0 heterocycles. The number of primary amides is 1. The van der Waals surface area contributed by atoms with Crippen molar-refractivity contribution in [3.8, 4) is 0 Å². The first kappa shape index (κ1) is 23.1. The second-order valence-electron chi connectivity index (χ2n) is 8.70. The summed E-state index contributed by atoms with van der Waals surface area (Å²) < 4.78 is 0. The number of hydrogen-bond donors (Lipinski definition) is 3. The quantitative estimate of drug-likeness (QED) is 0.593. The van der Waals surface area contributed by atoms with Crippen molar-refractivity contribution in [1.82, 2.24) is 10.6 Å². The maximum atomic E-state index is 13.0. The van der Waals surface area contributed by atoms with Crippen LogP contribution in [0.25, 0.3) is 0 Å². The van der Waals surface area contributed by atoms with E-state index in [0.29, 0.717) is 6.42 Å². The monoisotopic (exact) mass is 409 g/mol. The number of nitrogens with two attached hydrogens (primary N) is 1. The smallest absolute Gasteiger partial charge is 0.243 e. The molecule has 0 saturated heterocycles. The lowest BCUT2D eigenvalue weighted by atomic mass is 9.91. The summed E-state index contributed by atoms with van der Waals surface area (Å²) in [6.45, 7) is 5.88. The van der Waals surface area contributed by atoms with Crippen LogP contribution in [0.1, 0.15) is 38.3 Å². The molecule has 0 aliphatic carbocycles. The highest BCUT2D eigenvalue weighted by Gasteiger charge is 2.27. The third-order valence-electron chi connectivity index (χ3n) is 4.57. The number of amides is 3. The van der Waals surface area contributed by atoms with Crippen molar-refractivity contribution in [2.75, 3.05) is 0 Å². The lowest BCUT2D eigenvalue weighted by Crippen LogP contribution is -2.54. The van der Waals surface area contributed by atoms with Gasteiger partial charge in [0.1, 0.15) is 12.1 Å². The normalized spacial score (nSPS) is 13.2. The molecular weight excluding hydrogens is 378 g/mol. The van der Waals surface area contributed by atoms with Crippen molar-refractivity contribution in [2.45, 2.75) is 52.1 Å². The number of rotatable bonds is 9. The minimum atomic E-state index is -0.863. The largest absolute Gasteiger partial charge is 0.368 e. The molecule has 0 bridgehead atoms. The Morgan fingerprint density at radius 2 is 1.27 bits per heavy atom. The fourth-order valence-corrected chi connectivity index (χ4v) is 3.13. The molecule has 0 spiro atoms. The molecule has 6 heteroatoms. The summed E-state index contributed by atoms with van der Waals surface area (Å²) in [7, 11) is 0. The van der Waals surface area contributed by atoms with E-state index in [9.17, 15) is 14.4 Å². The van der Waals surface area contributed by atoms with E-state index in [4.69, 9.17) is 5.73 Å². The van der Waals surface area contributed by atoms with Gasteiger partial charge in [-0.25, -0.2) is 0 Å². The Bertz CT molecular complexity index is 845. The van der Waals surface area contributed by atoms with E-state index in [-0.39, 0.29) is 24.2 Å². The van der Waals surface area contributed by atoms with Gasteiger partial charge in [-0.3, -0.25) is 14.4 Å². The van der Waals surface area contributed by atoms with Gasteiger partial charge in [-0.15, -0.1) is 0 Å². The number of hydrogen-bond acceptors (Lipinski definition) is 3. The topological polar surface area (TPSA) is 101 Å². The predicted octanol–water partition coefficient (Wildman–Crippen LogP) is 2.36. The fraction of sp³-hybridized carbons (Fsp3) is 0.375. The second-order valence-corrected chi connectivity index (χ2v) is 8.70. The van der Waals surface area contributed by atoms with Crippen LogP contribution in [-0.2, 0) is 27.2 Å². The van der Waals surface area contributed by atoms with Crippen LogP contribution in [0, 0.1) is 5.41 Å². The van der Waals surface area contributed by atoms with E-state index in [1.54, 1.807) is 0 Å². The van der Waals surface area contributed by atoms with Crippen molar-refractivity contribution in [2.24, 2.45) is 11.1 Å². The van der Waals surface area contributed by atoms with Crippen molar-refractivity contribution in [3.63, 3.8) is 0 Å². The lowest BCUT2D eigenvalue weighted by Gasteiger charge is -2.24. The summed E-state index contributed by atoms with van der Waals surface area (Å²) in [5, 5.41) is 5.55. The summed E-state index contributed by atoms with van der Waals surface area (Å²) in [5.41, 5.74) is 7.12. The minimum absolute atomic E-state index is 0.207. The van der Waals surface area contributed by atoms with Crippen LogP contribution in [0.4, 0.5) is 0 Å². The van der Waals surface area contributed by atoms with Crippen LogP contribution < -0.4 is 16.4 Å². The van der Waals surface area contributed by atoms with Gasteiger partial charge in [-0.1, -0.05) is 81.4 Å². The third-order valence-corrected chi connectivity index (χ3v) is 4.57. The Hall–Kier alpha value is -3.15. The zero-order chi connectivity index (χ0) is 22.1. The van der Waals surface area contributed by atoms with Crippen LogP contribution >= 0.6 is 0 Å². The van der Waals surface area contributed by atoms with Crippen LogP contribution in [0.3, 0.4) is 0 Å². The van der Waals surface area contributed by atoms with Crippen molar-refractivity contribution >= 4 is 17.7 Å². The molecule has 2 aromatic carbocycles. The first-order valence-corrected chi connectivity index (χ1v) is 10.1. The van der Waals surface area contributed by atoms with Gasteiger partial charge in [0.15, 0.2) is 0 Å². The molecule has 2 aromatic rings. The molecule has 0 aliphatic rings. The molecule has 2 atom stereocenters. The van der Waals surface area contributed by atoms with Crippen LogP contribution in [0.5, 0.6) is 0 Å². The van der Waals surface area contributed by atoms with Gasteiger partial charge < -0.3 is 16.4 Å². The number of carbonyl (C=O) groups is 3. The Morgan fingerprint density at radius 1 is 0.800 bits per heavy atom. The third kappa shape index (κ3) is 8.07. The summed E-state index contributed by atoms with van der Waals surface area (Å²) >= 11 is 0. The molecule has 0 fully saturated rings. The van der Waals surface area contributed by atoms with E-state index >= 15 is 0 Å². The van der Waals surface area contributed by atoms with Crippen molar-refractivity contribution in [1.29, 1.82) is 0 Å². The first-order chi connectivity index (χ1) is 14.1. The molecule has 160 valence electrons. The van der Waals surface area contributed by atoms with Gasteiger partial charge in [0.25, 0.3) is 0 Å². The Kier molecular flexibility index (Phi) is 8.16. The Labute approximate surface area is 178 Å². The molecule has 4 N–H and O–H groups in total. The summed E-state index contributed by atoms with van der Waals surface area (Å²) in [6.07, 6.45) is 0.893. The molecule has 6 nitrogen and oxygen atoms in total. The zero-order valence-electron chi connectivity index (χ0n) is 17.9. The van der Waals surface area contributed by atoms with Gasteiger partial charge in [0.05, 0.1) is 0 Å². The van der Waals surface area contributed by atoms with Crippen LogP contribution in [0.2, 0.25) is 0 Å². The SMILES string of the molecule is CC(C)(C)CC(=O)NC(Cc1ccccc1)C(=O)NC(Cc1ccccc1)C(N)=O. The maximum absolute atomic E-state index is 13.0. The Morgan fingerprint density at radius 3 is 1.70 bits per heavy atom. The summed E-state index contributed by atoms with van der Waals surface area (Å²) in [6, 6.07) is 17.1. The van der Waals surface area contributed by atoms with Gasteiger partial charge in [-0.2, -0.15) is 0 Å². The highest BCUT2D eigenvalue weighted by Crippen LogP contribution is 2.18. The molecule has 2 unspecified atom stereocenters. The fourth-order valence-electron chi connectivity index (χ4n) is 3.13. The molecule has 0 aromatic heterocycles. The van der Waals surface area contributed by atoms with Gasteiger partial charge in [0.2, 0.25) is 17.7 Å². The number of nitrogens with one attached hydrogen (secondary N) is 2. The average molecular weight is 410 g/mol. The van der Waals surface area contributed by atoms with E-state index < -0.39 is 23.9 Å². The highest BCUT2D eigenvalue weighted by molar-refractivity contribution is 5.92. The van der Waals surface area contributed by atoms with Gasteiger partial charge in [0, 0.05) is 19.3 Å². The zero-order valence-corrected chi connectivity index (χ0v) is 17.9. The molecule has 3 amide bonds. The molecule has 0 saturated carbocycles. The van der Waals surface area contributed by atoms with E-state index in [2.05, 4.69) is 10.6 Å². The van der Waals surface area contributed by atoms with Gasteiger partial charge >= 0.3 is 0 Å². The Balaban J connectivity index is 2.14.